The summed E-state index contributed by atoms with van der Waals surface area (Å²) in [6, 6.07) is 3.47. The minimum atomic E-state index is -0.137. The van der Waals surface area contributed by atoms with E-state index in [0.717, 1.165) is 12.0 Å². The van der Waals surface area contributed by atoms with E-state index in [0.29, 0.717) is 6.29 Å². The minimum absolute atomic E-state index is 0.104. The number of carbonyl (C=O) groups excluding carboxylic acids is 1. The molecule has 0 spiro atoms. The quantitative estimate of drug-likeness (QED) is 0.815. The number of aromatic hydroxyl groups is 1. The van der Waals surface area contributed by atoms with Crippen molar-refractivity contribution >= 4 is 17.9 Å². The first-order chi connectivity index (χ1) is 8.07. The molecule has 0 saturated heterocycles. The van der Waals surface area contributed by atoms with Crippen molar-refractivity contribution in [1.82, 2.24) is 0 Å². The summed E-state index contributed by atoms with van der Waals surface area (Å²) in [7, 11) is 0. The van der Waals surface area contributed by atoms with E-state index < -0.39 is 0 Å². The van der Waals surface area contributed by atoms with Gasteiger partial charge in [-0.05, 0) is 34.9 Å². The number of hydrogen-bond donors (Lipinski definition) is 1. The Labute approximate surface area is 114 Å². The minimum Gasteiger partial charge on any atom is -0.506 e. The number of aldehydes is 1. The third-order valence-electron chi connectivity index (χ3n) is 2.97. The normalized spacial score (nSPS) is 12.6. The fraction of sp³-hybridized carbons (Fsp3) is 0.533. The second kappa shape index (κ2) is 4.93. The lowest BCUT2D eigenvalue weighted by molar-refractivity contribution is 0.112. The van der Waals surface area contributed by atoms with Gasteiger partial charge in [0.05, 0.1) is 10.6 Å². The van der Waals surface area contributed by atoms with Gasteiger partial charge in [-0.25, -0.2) is 0 Å². The van der Waals surface area contributed by atoms with Gasteiger partial charge in [0, 0.05) is 0 Å². The third kappa shape index (κ3) is 3.49. The number of phenolic OH excluding ortho intramolecular Hbond substituents is 1. The zero-order chi connectivity index (χ0) is 14.1. The first kappa shape index (κ1) is 15.0. The maximum Gasteiger partial charge on any atom is 0.153 e. The van der Waals surface area contributed by atoms with E-state index in [1.807, 2.05) is 0 Å². The molecule has 0 unspecified atom stereocenters. The Morgan fingerprint density at radius 3 is 2.22 bits per heavy atom. The average molecular weight is 269 g/mol. The Hall–Kier alpha value is -1.02. The highest BCUT2D eigenvalue weighted by Crippen LogP contribution is 2.39. The van der Waals surface area contributed by atoms with Crippen LogP contribution in [-0.4, -0.2) is 11.4 Å². The number of rotatable bonds is 3. The molecule has 0 saturated carbocycles. The van der Waals surface area contributed by atoms with Crippen LogP contribution in [-0.2, 0) is 5.41 Å². The summed E-state index contributed by atoms with van der Waals surface area (Å²) >= 11 is 5.97. The van der Waals surface area contributed by atoms with Crippen molar-refractivity contribution in [2.45, 2.75) is 46.5 Å². The molecule has 0 aromatic heterocycles. The first-order valence-corrected chi connectivity index (χ1v) is 6.43. The molecule has 1 aromatic carbocycles. The lowest BCUT2D eigenvalue weighted by atomic mass is 9.72. The molecule has 0 heterocycles. The molecule has 0 radical (unpaired) electrons. The fourth-order valence-electron chi connectivity index (χ4n) is 2.53. The molecule has 0 aliphatic rings. The van der Waals surface area contributed by atoms with E-state index >= 15 is 0 Å². The molecule has 0 aliphatic heterocycles. The number of benzene rings is 1. The fourth-order valence-corrected chi connectivity index (χ4v) is 2.76. The molecule has 0 bridgehead atoms. The van der Waals surface area contributed by atoms with Crippen molar-refractivity contribution in [3.8, 4) is 5.75 Å². The molecule has 18 heavy (non-hydrogen) atoms. The number of halogens is 1. The van der Waals surface area contributed by atoms with Gasteiger partial charge in [-0.2, -0.15) is 0 Å². The van der Waals surface area contributed by atoms with Crippen LogP contribution < -0.4 is 0 Å². The van der Waals surface area contributed by atoms with Gasteiger partial charge in [0.1, 0.15) is 5.75 Å². The van der Waals surface area contributed by atoms with Gasteiger partial charge in [-0.1, -0.05) is 46.2 Å². The van der Waals surface area contributed by atoms with Crippen LogP contribution in [0.25, 0.3) is 0 Å². The molecule has 1 aromatic rings. The molecule has 0 aliphatic carbocycles. The zero-order valence-corrected chi connectivity index (χ0v) is 12.4. The molecular weight excluding hydrogens is 248 g/mol. The number of carbonyl (C=O) groups is 1. The van der Waals surface area contributed by atoms with Crippen molar-refractivity contribution in [2.75, 3.05) is 0 Å². The van der Waals surface area contributed by atoms with E-state index in [1.165, 1.54) is 0 Å². The van der Waals surface area contributed by atoms with Gasteiger partial charge in [-0.3, -0.25) is 4.79 Å². The Bertz CT molecular complexity index is 456. The summed E-state index contributed by atoms with van der Waals surface area (Å²) in [4.78, 5) is 10.9. The smallest absolute Gasteiger partial charge is 0.153 e. The summed E-state index contributed by atoms with van der Waals surface area (Å²) < 4.78 is 0. The topological polar surface area (TPSA) is 37.3 Å². The van der Waals surface area contributed by atoms with Crippen LogP contribution in [0.3, 0.4) is 0 Å². The molecule has 1 N–H and O–H groups in total. The van der Waals surface area contributed by atoms with Crippen LogP contribution in [0.4, 0.5) is 0 Å². The molecule has 3 heteroatoms. The van der Waals surface area contributed by atoms with E-state index in [2.05, 4.69) is 34.6 Å². The Kier molecular flexibility index (Phi) is 4.12. The predicted octanol–water partition coefficient (Wildman–Crippen LogP) is 4.57. The Balaban J connectivity index is 3.24. The van der Waals surface area contributed by atoms with Crippen LogP contribution >= 0.6 is 11.6 Å². The lowest BCUT2D eigenvalue weighted by Crippen LogP contribution is -2.25. The van der Waals surface area contributed by atoms with Crippen LogP contribution in [0, 0.1) is 5.41 Å². The SMILES string of the molecule is CC(C)(C)CC(C)(C)c1cc(Cl)c(O)c(C=O)c1. The molecule has 0 fully saturated rings. The van der Waals surface area contributed by atoms with Crippen molar-refractivity contribution in [1.29, 1.82) is 0 Å². The average Bonchev–Trinajstić information content (AvgIpc) is 2.18. The van der Waals surface area contributed by atoms with Crippen LogP contribution in [0.15, 0.2) is 12.1 Å². The second-order valence-electron chi connectivity index (χ2n) is 6.64. The molecular formula is C15H21ClO2. The largest absolute Gasteiger partial charge is 0.506 e. The van der Waals surface area contributed by atoms with Crippen molar-refractivity contribution in [3.05, 3.63) is 28.3 Å². The number of phenols is 1. The second-order valence-corrected chi connectivity index (χ2v) is 7.04. The van der Waals surface area contributed by atoms with E-state index in [9.17, 15) is 9.90 Å². The van der Waals surface area contributed by atoms with Gasteiger partial charge in [-0.15, -0.1) is 0 Å². The van der Waals surface area contributed by atoms with Crippen LogP contribution in [0.1, 0.15) is 57.0 Å². The summed E-state index contributed by atoms with van der Waals surface area (Å²) in [5.74, 6) is -0.137. The van der Waals surface area contributed by atoms with E-state index in [1.54, 1.807) is 12.1 Å². The highest BCUT2D eigenvalue weighted by atomic mass is 35.5. The molecule has 1 rings (SSSR count). The predicted molar refractivity (Wildman–Crippen MR) is 75.6 cm³/mol. The maximum absolute atomic E-state index is 10.9. The van der Waals surface area contributed by atoms with Gasteiger partial charge < -0.3 is 5.11 Å². The maximum atomic E-state index is 10.9. The third-order valence-corrected chi connectivity index (χ3v) is 3.26. The van der Waals surface area contributed by atoms with Gasteiger partial charge in [0.15, 0.2) is 6.29 Å². The van der Waals surface area contributed by atoms with E-state index in [-0.39, 0.29) is 27.2 Å². The molecule has 100 valence electrons. The van der Waals surface area contributed by atoms with Crippen molar-refractivity contribution in [3.63, 3.8) is 0 Å². The highest BCUT2D eigenvalue weighted by molar-refractivity contribution is 6.32. The first-order valence-electron chi connectivity index (χ1n) is 6.05. The van der Waals surface area contributed by atoms with E-state index in [4.69, 9.17) is 11.6 Å². The summed E-state index contributed by atoms with van der Waals surface area (Å²) in [5, 5.41) is 9.89. The molecule has 0 atom stereocenters. The number of hydrogen-bond acceptors (Lipinski definition) is 2. The van der Waals surface area contributed by atoms with Gasteiger partial charge in [0.2, 0.25) is 0 Å². The summed E-state index contributed by atoms with van der Waals surface area (Å²) in [6.07, 6.45) is 1.59. The lowest BCUT2D eigenvalue weighted by Gasteiger charge is -2.33. The Morgan fingerprint density at radius 1 is 1.22 bits per heavy atom. The van der Waals surface area contributed by atoms with Crippen LogP contribution in [0.2, 0.25) is 5.02 Å². The molecule has 2 nitrogen and oxygen atoms in total. The standard InChI is InChI=1S/C15H21ClO2/c1-14(2,3)9-15(4,5)11-6-10(8-17)13(18)12(16)7-11/h6-8,18H,9H2,1-5H3. The monoisotopic (exact) mass is 268 g/mol. The van der Waals surface area contributed by atoms with Gasteiger partial charge >= 0.3 is 0 Å². The molecule has 0 amide bonds. The zero-order valence-electron chi connectivity index (χ0n) is 11.7. The van der Waals surface area contributed by atoms with Crippen molar-refractivity contribution in [2.24, 2.45) is 5.41 Å². The summed E-state index contributed by atoms with van der Waals surface area (Å²) in [6.45, 7) is 10.8. The summed E-state index contributed by atoms with van der Waals surface area (Å²) in [5.41, 5.74) is 1.30. The van der Waals surface area contributed by atoms with Gasteiger partial charge in [0.25, 0.3) is 0 Å². The highest BCUT2D eigenvalue weighted by Gasteiger charge is 2.28. The van der Waals surface area contributed by atoms with Crippen LogP contribution in [0.5, 0.6) is 5.75 Å². The Morgan fingerprint density at radius 2 is 1.78 bits per heavy atom. The van der Waals surface area contributed by atoms with Crippen molar-refractivity contribution < 1.29 is 9.90 Å².